The fraction of sp³-hybridized carbons (Fsp3) is 0.222. The van der Waals surface area contributed by atoms with E-state index >= 15 is 0 Å². The van der Waals surface area contributed by atoms with Crippen LogP contribution in [0.5, 0.6) is 5.75 Å². The van der Waals surface area contributed by atoms with Gasteiger partial charge in [-0.25, -0.2) is 0 Å². The van der Waals surface area contributed by atoms with E-state index < -0.39 is 5.38 Å². The van der Waals surface area contributed by atoms with Crippen molar-refractivity contribution in [1.82, 2.24) is 0 Å². The summed E-state index contributed by atoms with van der Waals surface area (Å²) in [7, 11) is 0. The maximum atomic E-state index is 8.39. The topological polar surface area (TPSA) is 33.0 Å². The monoisotopic (exact) mass is 215 g/mol. The maximum absolute atomic E-state index is 8.39. The average Bonchev–Trinajstić information content (AvgIpc) is 2.16. The molecule has 2 nitrogen and oxygen atoms in total. The van der Waals surface area contributed by atoms with E-state index in [1.165, 1.54) is 0 Å². The van der Waals surface area contributed by atoms with Crippen molar-refractivity contribution in [2.75, 3.05) is 6.61 Å². The number of benzene rings is 1. The molecule has 0 aromatic heterocycles. The first-order valence-corrected chi connectivity index (χ1v) is 4.46. The van der Waals surface area contributed by atoms with Gasteiger partial charge in [-0.3, -0.25) is 0 Å². The molecule has 1 rings (SSSR count). The standard InChI is InChI=1S/C9H7Cl2NO/c10-7(5-12)6-13-9-4-2-1-3-8(9)11/h1-4,7H,6H2. The van der Waals surface area contributed by atoms with Gasteiger partial charge < -0.3 is 4.74 Å². The molecule has 0 aliphatic heterocycles. The fourth-order valence-corrected chi connectivity index (χ4v) is 1.02. The largest absolute Gasteiger partial charge is 0.489 e. The van der Waals surface area contributed by atoms with Crippen LogP contribution in [0.1, 0.15) is 0 Å². The van der Waals surface area contributed by atoms with Gasteiger partial charge in [0, 0.05) is 0 Å². The summed E-state index contributed by atoms with van der Waals surface area (Å²) in [6.07, 6.45) is 0. The summed E-state index contributed by atoms with van der Waals surface area (Å²) in [4.78, 5) is 0. The summed E-state index contributed by atoms with van der Waals surface area (Å²) in [5.41, 5.74) is 0. The minimum Gasteiger partial charge on any atom is -0.489 e. The van der Waals surface area contributed by atoms with Crippen molar-refractivity contribution < 1.29 is 4.74 Å². The lowest BCUT2D eigenvalue weighted by molar-refractivity contribution is 0.329. The Morgan fingerprint density at radius 3 is 2.77 bits per heavy atom. The second kappa shape index (κ2) is 4.96. The molecule has 0 amide bonds. The van der Waals surface area contributed by atoms with Gasteiger partial charge in [-0.1, -0.05) is 23.7 Å². The zero-order valence-electron chi connectivity index (χ0n) is 6.71. The minimum absolute atomic E-state index is 0.141. The van der Waals surface area contributed by atoms with E-state index in [1.54, 1.807) is 24.3 Å². The molecule has 0 fully saturated rings. The van der Waals surface area contributed by atoms with Gasteiger partial charge in [0.25, 0.3) is 0 Å². The summed E-state index contributed by atoms with van der Waals surface area (Å²) in [5, 5.41) is 8.26. The third-order valence-electron chi connectivity index (χ3n) is 1.36. The molecule has 0 N–H and O–H groups in total. The van der Waals surface area contributed by atoms with E-state index in [-0.39, 0.29) is 6.61 Å². The van der Waals surface area contributed by atoms with Crippen LogP contribution >= 0.6 is 23.2 Å². The summed E-state index contributed by atoms with van der Waals surface area (Å²) in [5.74, 6) is 0.546. The van der Waals surface area contributed by atoms with Crippen molar-refractivity contribution in [3.63, 3.8) is 0 Å². The third kappa shape index (κ3) is 3.14. The van der Waals surface area contributed by atoms with Crippen LogP contribution in [0.4, 0.5) is 0 Å². The summed E-state index contributed by atoms with van der Waals surface area (Å²) >= 11 is 11.3. The highest BCUT2D eigenvalue weighted by molar-refractivity contribution is 6.32. The molecular weight excluding hydrogens is 209 g/mol. The molecule has 1 aromatic carbocycles. The molecule has 1 aromatic rings. The first kappa shape index (κ1) is 10.2. The Labute approximate surface area is 86.6 Å². The van der Waals surface area contributed by atoms with Gasteiger partial charge in [0.15, 0.2) is 5.38 Å². The van der Waals surface area contributed by atoms with Gasteiger partial charge in [-0.2, -0.15) is 5.26 Å². The second-order valence-corrected chi connectivity index (χ2v) is 3.27. The lowest BCUT2D eigenvalue weighted by Crippen LogP contribution is -2.09. The summed E-state index contributed by atoms with van der Waals surface area (Å²) in [6.45, 7) is 0.141. The minimum atomic E-state index is -0.642. The van der Waals surface area contributed by atoms with Crippen molar-refractivity contribution in [3.8, 4) is 11.8 Å². The van der Waals surface area contributed by atoms with Gasteiger partial charge in [0.05, 0.1) is 11.1 Å². The van der Waals surface area contributed by atoms with Crippen LogP contribution in [-0.2, 0) is 0 Å². The van der Waals surface area contributed by atoms with E-state index in [2.05, 4.69) is 0 Å². The first-order valence-electron chi connectivity index (χ1n) is 3.65. The number of hydrogen-bond acceptors (Lipinski definition) is 2. The number of hydrogen-bond donors (Lipinski definition) is 0. The van der Waals surface area contributed by atoms with Gasteiger partial charge in [-0.15, -0.1) is 11.6 Å². The molecule has 13 heavy (non-hydrogen) atoms. The van der Waals surface area contributed by atoms with Crippen LogP contribution in [0, 0.1) is 11.3 Å². The Kier molecular flexibility index (Phi) is 3.88. The quantitative estimate of drug-likeness (QED) is 0.727. The summed E-state index contributed by atoms with van der Waals surface area (Å²) in [6, 6.07) is 8.90. The molecule has 1 atom stereocenters. The number of para-hydroxylation sites is 1. The van der Waals surface area contributed by atoms with Crippen LogP contribution in [0.15, 0.2) is 24.3 Å². The maximum Gasteiger partial charge on any atom is 0.154 e. The Morgan fingerprint density at radius 2 is 2.15 bits per heavy atom. The smallest absolute Gasteiger partial charge is 0.154 e. The van der Waals surface area contributed by atoms with E-state index in [1.807, 2.05) is 6.07 Å². The number of rotatable bonds is 3. The van der Waals surface area contributed by atoms with Crippen molar-refractivity contribution in [3.05, 3.63) is 29.3 Å². The molecule has 0 saturated carbocycles. The van der Waals surface area contributed by atoms with Crippen LogP contribution in [0.25, 0.3) is 0 Å². The predicted octanol–water partition coefficient (Wildman–Crippen LogP) is 2.85. The van der Waals surface area contributed by atoms with Crippen molar-refractivity contribution >= 4 is 23.2 Å². The Morgan fingerprint density at radius 1 is 1.46 bits per heavy atom. The molecule has 0 heterocycles. The van der Waals surface area contributed by atoms with E-state index in [0.29, 0.717) is 10.8 Å². The van der Waals surface area contributed by atoms with Crippen molar-refractivity contribution in [2.24, 2.45) is 0 Å². The number of halogens is 2. The number of nitriles is 1. The first-order chi connectivity index (χ1) is 6.24. The second-order valence-electron chi connectivity index (χ2n) is 2.34. The lowest BCUT2D eigenvalue weighted by atomic mass is 10.3. The zero-order valence-corrected chi connectivity index (χ0v) is 8.22. The van der Waals surface area contributed by atoms with Crippen LogP contribution in [0.3, 0.4) is 0 Å². The molecule has 0 bridgehead atoms. The Balaban J connectivity index is 2.56. The molecular formula is C9H7Cl2NO. The van der Waals surface area contributed by atoms with Crippen molar-refractivity contribution in [1.29, 1.82) is 5.26 Å². The Bertz CT molecular complexity index is 322. The van der Waals surface area contributed by atoms with E-state index in [0.717, 1.165) is 0 Å². The third-order valence-corrected chi connectivity index (χ3v) is 1.90. The lowest BCUT2D eigenvalue weighted by Gasteiger charge is -2.06. The molecule has 0 aliphatic rings. The molecule has 0 saturated heterocycles. The van der Waals surface area contributed by atoms with Crippen LogP contribution in [-0.4, -0.2) is 12.0 Å². The van der Waals surface area contributed by atoms with Gasteiger partial charge >= 0.3 is 0 Å². The van der Waals surface area contributed by atoms with Gasteiger partial charge in [-0.05, 0) is 12.1 Å². The molecule has 1 unspecified atom stereocenters. The molecule has 68 valence electrons. The van der Waals surface area contributed by atoms with Gasteiger partial charge in [0.1, 0.15) is 12.4 Å². The highest BCUT2D eigenvalue weighted by Gasteiger charge is 2.04. The highest BCUT2D eigenvalue weighted by Crippen LogP contribution is 2.23. The average molecular weight is 216 g/mol. The van der Waals surface area contributed by atoms with Crippen molar-refractivity contribution in [2.45, 2.75) is 5.38 Å². The zero-order chi connectivity index (χ0) is 9.68. The SMILES string of the molecule is N#CC(Cl)COc1ccccc1Cl. The van der Waals surface area contributed by atoms with Crippen LogP contribution < -0.4 is 4.74 Å². The summed E-state index contributed by atoms with van der Waals surface area (Å²) < 4.78 is 5.20. The van der Waals surface area contributed by atoms with E-state index in [4.69, 9.17) is 33.2 Å². The molecule has 4 heteroatoms. The number of nitrogens with zero attached hydrogens (tertiary/aromatic N) is 1. The normalized spacial score (nSPS) is 11.8. The highest BCUT2D eigenvalue weighted by atomic mass is 35.5. The molecule has 0 aliphatic carbocycles. The predicted molar refractivity (Wildman–Crippen MR) is 52.2 cm³/mol. The molecule has 0 radical (unpaired) electrons. The number of ether oxygens (including phenoxy) is 1. The Hall–Kier alpha value is -0.910. The molecule has 0 spiro atoms. The van der Waals surface area contributed by atoms with Crippen LogP contribution in [0.2, 0.25) is 5.02 Å². The van der Waals surface area contributed by atoms with E-state index in [9.17, 15) is 0 Å². The fourth-order valence-electron chi connectivity index (χ4n) is 0.762. The van der Waals surface area contributed by atoms with Gasteiger partial charge in [0.2, 0.25) is 0 Å². The number of alkyl halides is 1.